The molecule has 156 valence electrons. The second kappa shape index (κ2) is 7.93. The summed E-state index contributed by atoms with van der Waals surface area (Å²) in [6.45, 7) is 5.45. The summed E-state index contributed by atoms with van der Waals surface area (Å²) < 4.78 is 17.1. The second-order valence-electron chi connectivity index (χ2n) is 7.60. The number of H-pyrrole nitrogens is 1. The molecule has 12 heteroatoms. The number of hydrogen-bond donors (Lipinski definition) is 6. The van der Waals surface area contributed by atoms with E-state index in [-0.39, 0.29) is 5.56 Å². The third-order valence-corrected chi connectivity index (χ3v) is 4.74. The minimum Gasteiger partial charge on any atom is -0.390 e. The van der Waals surface area contributed by atoms with Crippen LogP contribution in [0.2, 0.25) is 0 Å². The van der Waals surface area contributed by atoms with E-state index in [1.54, 1.807) is 0 Å². The van der Waals surface area contributed by atoms with E-state index in [2.05, 4.69) is 11.8 Å². The lowest BCUT2D eigenvalue weighted by Gasteiger charge is -2.21. The van der Waals surface area contributed by atoms with Crippen molar-refractivity contribution in [2.45, 2.75) is 51.4 Å². The summed E-state index contributed by atoms with van der Waals surface area (Å²) in [4.78, 5) is 44.0. The van der Waals surface area contributed by atoms with E-state index in [0.717, 1.165) is 10.8 Å². The molecule has 0 amide bonds. The molecule has 0 spiro atoms. The number of aliphatic hydroxyl groups is 3. The predicted octanol–water partition coefficient (Wildman–Crippen LogP) is -1.91. The van der Waals surface area contributed by atoms with Crippen LogP contribution >= 0.6 is 7.60 Å². The Hall–Kier alpha value is -1.77. The molecule has 1 aromatic rings. The van der Waals surface area contributed by atoms with Crippen molar-refractivity contribution in [3.63, 3.8) is 0 Å². The molecule has 0 aromatic carbocycles. The van der Waals surface area contributed by atoms with Crippen LogP contribution in [-0.2, 0) is 9.30 Å². The summed E-state index contributed by atoms with van der Waals surface area (Å²) in [6.07, 6.45) is -8.25. The van der Waals surface area contributed by atoms with Gasteiger partial charge in [0.2, 0.25) is 0 Å². The van der Waals surface area contributed by atoms with E-state index in [9.17, 15) is 29.5 Å². The van der Waals surface area contributed by atoms with Crippen LogP contribution in [0.15, 0.2) is 15.8 Å². The summed E-state index contributed by atoms with van der Waals surface area (Å²) in [7, 11) is -4.62. The van der Waals surface area contributed by atoms with Crippen LogP contribution in [0.25, 0.3) is 0 Å². The lowest BCUT2D eigenvalue weighted by molar-refractivity contribution is -0.0803. The molecule has 0 aliphatic carbocycles. The first kappa shape index (κ1) is 22.5. The zero-order valence-corrected chi connectivity index (χ0v) is 16.3. The lowest BCUT2D eigenvalue weighted by atomic mass is 9.98. The first-order valence-electron chi connectivity index (χ1n) is 8.32. The minimum absolute atomic E-state index is 0.0842. The highest BCUT2D eigenvalue weighted by Crippen LogP contribution is 2.39. The zero-order valence-electron chi connectivity index (χ0n) is 15.4. The molecule has 1 saturated heterocycles. The van der Waals surface area contributed by atoms with Crippen LogP contribution in [0.4, 0.5) is 0 Å². The number of aromatic nitrogens is 2. The van der Waals surface area contributed by atoms with Gasteiger partial charge < -0.3 is 29.8 Å². The van der Waals surface area contributed by atoms with E-state index in [0.29, 0.717) is 0 Å². The number of aliphatic hydroxyl groups excluding tert-OH is 3. The summed E-state index contributed by atoms with van der Waals surface area (Å²) in [6, 6.07) is 0. The fraction of sp³-hybridized carbons (Fsp3) is 0.625. The molecule has 11 nitrogen and oxygen atoms in total. The Kier molecular flexibility index (Phi) is 6.37. The number of aromatic amines is 1. The van der Waals surface area contributed by atoms with Crippen molar-refractivity contribution in [1.29, 1.82) is 0 Å². The molecule has 1 aliphatic heterocycles. The van der Waals surface area contributed by atoms with Gasteiger partial charge in [0.25, 0.3) is 5.56 Å². The Morgan fingerprint density at radius 2 is 1.89 bits per heavy atom. The van der Waals surface area contributed by atoms with Gasteiger partial charge in [-0.15, -0.1) is 0 Å². The monoisotopic (exact) mass is 418 g/mol. The third kappa shape index (κ3) is 5.40. The Labute approximate surface area is 159 Å². The fourth-order valence-corrected chi connectivity index (χ4v) is 3.29. The molecule has 0 saturated carbocycles. The quantitative estimate of drug-likeness (QED) is 0.240. The molecular formula is C16H23N2O9P. The molecule has 1 aliphatic rings. The molecule has 0 radical (unpaired) electrons. The van der Waals surface area contributed by atoms with Crippen molar-refractivity contribution >= 4 is 7.60 Å². The van der Waals surface area contributed by atoms with Crippen LogP contribution in [0.3, 0.4) is 0 Å². The van der Waals surface area contributed by atoms with Crippen LogP contribution in [0.5, 0.6) is 0 Å². The molecule has 6 N–H and O–H groups in total. The Bertz CT molecular complexity index is 946. The molecule has 2 heterocycles. The maximum atomic E-state index is 12.1. The van der Waals surface area contributed by atoms with Gasteiger partial charge in [-0.3, -0.25) is 18.9 Å². The molecule has 2 rings (SSSR count). The maximum absolute atomic E-state index is 12.1. The normalized spacial score (nSPS) is 26.6. The largest absolute Gasteiger partial charge is 0.390 e. The van der Waals surface area contributed by atoms with Gasteiger partial charge in [0.15, 0.2) is 6.23 Å². The average molecular weight is 418 g/mol. The van der Waals surface area contributed by atoms with E-state index in [1.165, 1.54) is 0 Å². The van der Waals surface area contributed by atoms with Gasteiger partial charge in [0, 0.05) is 11.6 Å². The number of rotatable bonds is 4. The minimum atomic E-state index is -4.62. The van der Waals surface area contributed by atoms with Crippen molar-refractivity contribution in [3.8, 4) is 11.8 Å². The average Bonchev–Trinajstić information content (AvgIpc) is 2.80. The Balaban J connectivity index is 2.39. The smallest absolute Gasteiger partial charge is 0.330 e. The van der Waals surface area contributed by atoms with Gasteiger partial charge in [-0.1, -0.05) is 11.8 Å². The summed E-state index contributed by atoms with van der Waals surface area (Å²) in [5, 5.41) is 30.2. The van der Waals surface area contributed by atoms with Crippen LogP contribution in [0.1, 0.15) is 32.6 Å². The molecule has 1 fully saturated rings. The molecule has 0 unspecified atom stereocenters. The van der Waals surface area contributed by atoms with Crippen molar-refractivity contribution in [2.75, 3.05) is 6.16 Å². The third-order valence-electron chi connectivity index (χ3n) is 3.89. The number of nitrogens with zero attached hydrogens (tertiary/aromatic N) is 1. The Morgan fingerprint density at radius 3 is 2.43 bits per heavy atom. The van der Waals surface area contributed by atoms with Gasteiger partial charge >= 0.3 is 13.3 Å². The van der Waals surface area contributed by atoms with E-state index in [4.69, 9.17) is 14.5 Å². The topological polar surface area (TPSA) is 182 Å². The Morgan fingerprint density at radius 1 is 1.29 bits per heavy atom. The van der Waals surface area contributed by atoms with Gasteiger partial charge in [0.05, 0.1) is 12.3 Å². The van der Waals surface area contributed by atoms with Crippen molar-refractivity contribution in [2.24, 2.45) is 5.41 Å². The predicted molar refractivity (Wildman–Crippen MR) is 96.5 cm³/mol. The molecule has 1 aromatic heterocycles. The lowest BCUT2D eigenvalue weighted by Crippen LogP contribution is -2.40. The van der Waals surface area contributed by atoms with E-state index < -0.39 is 61.1 Å². The number of nitrogens with one attached hydrogen (secondary N) is 1. The van der Waals surface area contributed by atoms with Gasteiger partial charge in [-0.05, 0) is 20.8 Å². The number of hydrogen-bond acceptors (Lipinski definition) is 7. The summed E-state index contributed by atoms with van der Waals surface area (Å²) in [5.74, 6) is 5.45. The van der Waals surface area contributed by atoms with Gasteiger partial charge in [-0.25, -0.2) is 4.79 Å². The molecular weight excluding hydrogens is 395 g/mol. The zero-order chi connectivity index (χ0) is 21.4. The van der Waals surface area contributed by atoms with Crippen LogP contribution in [0, 0.1) is 17.3 Å². The highest BCUT2D eigenvalue weighted by Gasteiger charge is 2.48. The highest BCUT2D eigenvalue weighted by molar-refractivity contribution is 7.51. The SMILES string of the molecule is CC(C)(C)C#Cc1cn([C@@H]2O[C@H]([C@H](O)CP(=O)(O)O)[C@@H](O)[C@H]2O)c(=O)[nH]c1=O. The van der Waals surface area contributed by atoms with Crippen LogP contribution < -0.4 is 11.2 Å². The first-order chi connectivity index (χ1) is 12.7. The maximum Gasteiger partial charge on any atom is 0.330 e. The van der Waals surface area contributed by atoms with E-state index >= 15 is 0 Å². The molecule has 28 heavy (non-hydrogen) atoms. The summed E-state index contributed by atoms with van der Waals surface area (Å²) >= 11 is 0. The summed E-state index contributed by atoms with van der Waals surface area (Å²) in [5.41, 5.74) is -2.21. The first-order valence-corrected chi connectivity index (χ1v) is 10.1. The number of ether oxygens (including phenoxy) is 1. The molecule has 5 atom stereocenters. The van der Waals surface area contributed by atoms with Crippen molar-refractivity contribution < 1.29 is 34.4 Å². The van der Waals surface area contributed by atoms with E-state index in [1.807, 2.05) is 25.8 Å². The highest BCUT2D eigenvalue weighted by atomic mass is 31.2. The van der Waals surface area contributed by atoms with Crippen LogP contribution in [-0.4, -0.2) is 65.2 Å². The molecule has 0 bridgehead atoms. The van der Waals surface area contributed by atoms with Crippen molar-refractivity contribution in [3.05, 3.63) is 32.6 Å². The van der Waals surface area contributed by atoms with Crippen molar-refractivity contribution in [1.82, 2.24) is 9.55 Å². The second-order valence-corrected chi connectivity index (χ2v) is 9.29. The fourth-order valence-electron chi connectivity index (χ4n) is 2.60. The standard InChI is InChI=1S/C16H23N2O9P/c1-16(2,3)5-4-8-6-18(15(23)17-13(8)22)14-11(21)10(20)12(27-14)9(19)7-28(24,25)26/h6,9-12,14,19-21H,7H2,1-3H3,(H,17,22,23)(H2,24,25,26)/t9-,10+,11-,12-,14-/m1/s1. The van der Waals surface area contributed by atoms with Gasteiger partial charge in [-0.2, -0.15) is 0 Å². The van der Waals surface area contributed by atoms with Gasteiger partial charge in [0.1, 0.15) is 23.9 Å².